The molecule has 0 saturated carbocycles. The average molecular weight is 302 g/mol. The Hall–Kier alpha value is -0.0300. The van der Waals surface area contributed by atoms with Crippen LogP contribution in [0, 0.1) is 0 Å². The van der Waals surface area contributed by atoms with Gasteiger partial charge in [-0.25, -0.2) is 0 Å². The molecule has 0 atom stereocenters. The summed E-state index contributed by atoms with van der Waals surface area (Å²) in [5.41, 5.74) is 1.38. The van der Waals surface area contributed by atoms with Gasteiger partial charge in [0, 0.05) is 15.9 Å². The molecule has 1 aliphatic rings. The molecule has 2 nitrogen and oxygen atoms in total. The van der Waals surface area contributed by atoms with Crippen LogP contribution < -0.4 is 5.32 Å². The third kappa shape index (κ3) is 3.23. The summed E-state index contributed by atoms with van der Waals surface area (Å²) < 4.78 is 6.36. The lowest BCUT2D eigenvalue weighted by Gasteiger charge is -2.26. The predicted molar refractivity (Wildman–Crippen MR) is 72.0 cm³/mol. The lowest BCUT2D eigenvalue weighted by molar-refractivity contribution is 0.0455. The van der Waals surface area contributed by atoms with E-state index >= 15 is 0 Å². The quantitative estimate of drug-likeness (QED) is 0.903. The van der Waals surface area contributed by atoms with Crippen molar-refractivity contribution in [3.8, 4) is 0 Å². The summed E-state index contributed by atoms with van der Waals surface area (Å²) in [6.45, 7) is 5.85. The fourth-order valence-electron chi connectivity index (χ4n) is 1.51. The lowest BCUT2D eigenvalue weighted by Crippen LogP contribution is -2.30. The number of benzene rings is 1. The van der Waals surface area contributed by atoms with Gasteiger partial charge >= 0.3 is 0 Å². The minimum atomic E-state index is 0.634. The third-order valence-electron chi connectivity index (χ3n) is 2.50. The molecule has 1 saturated heterocycles. The summed E-state index contributed by atoms with van der Waals surface area (Å²) >= 11 is 5.46. The number of hydrogen-bond acceptors (Lipinski definition) is 3. The van der Waals surface area contributed by atoms with E-state index in [1.54, 1.807) is 0 Å². The maximum atomic E-state index is 5.21. The zero-order valence-corrected chi connectivity index (χ0v) is 11.7. The zero-order valence-electron chi connectivity index (χ0n) is 9.33. The first-order chi connectivity index (χ1) is 7.79. The van der Waals surface area contributed by atoms with Gasteiger partial charge in [0.25, 0.3) is 0 Å². The highest BCUT2D eigenvalue weighted by Gasteiger charge is 2.20. The van der Waals surface area contributed by atoms with Crippen molar-refractivity contribution in [3.05, 3.63) is 28.2 Å². The van der Waals surface area contributed by atoms with E-state index < -0.39 is 0 Å². The molecule has 1 aliphatic heterocycles. The van der Waals surface area contributed by atoms with Crippen molar-refractivity contribution in [1.29, 1.82) is 0 Å². The largest absolute Gasteiger partial charge is 0.379 e. The molecule has 1 fully saturated rings. The molecule has 0 spiro atoms. The summed E-state index contributed by atoms with van der Waals surface area (Å²) in [6, 6.07) is 6.50. The molecule has 0 amide bonds. The van der Waals surface area contributed by atoms with E-state index in [9.17, 15) is 0 Å². The molecule has 16 heavy (non-hydrogen) atoms. The lowest BCUT2D eigenvalue weighted by atomic mass is 10.2. The fraction of sp³-hybridized carbons (Fsp3) is 0.500. The first kappa shape index (κ1) is 12.4. The van der Waals surface area contributed by atoms with Crippen LogP contribution in [0.2, 0.25) is 0 Å². The predicted octanol–water partition coefficient (Wildman–Crippen LogP) is 3.05. The van der Waals surface area contributed by atoms with Crippen molar-refractivity contribution in [2.75, 3.05) is 19.8 Å². The van der Waals surface area contributed by atoms with Gasteiger partial charge in [-0.05, 0) is 24.2 Å². The first-order valence-corrected chi connectivity index (χ1v) is 7.20. The molecular formula is C12H16BrNOS. The number of rotatable bonds is 5. The van der Waals surface area contributed by atoms with E-state index in [0.29, 0.717) is 5.25 Å². The van der Waals surface area contributed by atoms with Gasteiger partial charge < -0.3 is 10.1 Å². The molecule has 0 aromatic heterocycles. The van der Waals surface area contributed by atoms with Gasteiger partial charge in [0.15, 0.2) is 0 Å². The minimum Gasteiger partial charge on any atom is -0.379 e. The molecular weight excluding hydrogens is 286 g/mol. The Kier molecular flexibility index (Phi) is 4.70. The number of hydrogen-bond donors (Lipinski definition) is 1. The molecule has 2 rings (SSSR count). The Morgan fingerprint density at radius 3 is 2.94 bits per heavy atom. The Bertz CT molecular complexity index is 355. The standard InChI is InChI=1S/C12H16BrNOS/c1-2-14-6-9-3-4-10(13)5-12(9)16-11-7-15-8-11/h3-5,11,14H,2,6-8H2,1H3. The van der Waals surface area contributed by atoms with Gasteiger partial charge in [-0.3, -0.25) is 0 Å². The normalized spacial score (nSPS) is 16.1. The van der Waals surface area contributed by atoms with Crippen LogP contribution in [0.4, 0.5) is 0 Å². The van der Waals surface area contributed by atoms with Crippen LogP contribution in [0.25, 0.3) is 0 Å². The van der Waals surface area contributed by atoms with Crippen LogP contribution >= 0.6 is 27.7 Å². The third-order valence-corrected chi connectivity index (χ3v) is 4.23. The Balaban J connectivity index is 2.07. The maximum absolute atomic E-state index is 5.21. The molecule has 1 aromatic rings. The summed E-state index contributed by atoms with van der Waals surface area (Å²) in [4.78, 5) is 1.36. The zero-order chi connectivity index (χ0) is 11.4. The van der Waals surface area contributed by atoms with Crippen molar-refractivity contribution in [1.82, 2.24) is 5.32 Å². The second kappa shape index (κ2) is 6.05. The number of halogens is 1. The topological polar surface area (TPSA) is 21.3 Å². The van der Waals surface area contributed by atoms with Gasteiger partial charge in [-0.1, -0.05) is 28.9 Å². The smallest absolute Gasteiger partial charge is 0.0611 e. The summed E-state index contributed by atoms with van der Waals surface area (Å²) in [6.07, 6.45) is 0. The van der Waals surface area contributed by atoms with Crippen LogP contribution in [0.1, 0.15) is 12.5 Å². The van der Waals surface area contributed by atoms with Crippen molar-refractivity contribution >= 4 is 27.7 Å². The van der Waals surface area contributed by atoms with E-state index in [2.05, 4.69) is 46.4 Å². The van der Waals surface area contributed by atoms with Gasteiger partial charge in [0.1, 0.15) is 0 Å². The van der Waals surface area contributed by atoms with Gasteiger partial charge in [-0.15, -0.1) is 11.8 Å². The molecule has 1 heterocycles. The van der Waals surface area contributed by atoms with Crippen LogP contribution in [-0.4, -0.2) is 25.0 Å². The van der Waals surface area contributed by atoms with Gasteiger partial charge in [0.05, 0.1) is 18.5 Å². The first-order valence-electron chi connectivity index (χ1n) is 5.53. The number of ether oxygens (including phenoxy) is 1. The highest BCUT2D eigenvalue weighted by atomic mass is 79.9. The van der Waals surface area contributed by atoms with Crippen LogP contribution in [0.3, 0.4) is 0 Å². The van der Waals surface area contributed by atoms with Crippen molar-refractivity contribution in [2.45, 2.75) is 23.6 Å². The Morgan fingerprint density at radius 1 is 1.50 bits per heavy atom. The molecule has 1 aromatic carbocycles. The maximum Gasteiger partial charge on any atom is 0.0611 e. The summed E-state index contributed by atoms with van der Waals surface area (Å²) in [5.74, 6) is 0. The molecule has 1 N–H and O–H groups in total. The minimum absolute atomic E-state index is 0.634. The second-order valence-corrected chi connectivity index (χ2v) is 6.07. The molecule has 0 radical (unpaired) electrons. The highest BCUT2D eigenvalue weighted by molar-refractivity contribution is 9.10. The van der Waals surface area contributed by atoms with Gasteiger partial charge in [0.2, 0.25) is 0 Å². The molecule has 4 heteroatoms. The fourth-order valence-corrected chi connectivity index (χ4v) is 3.19. The Labute approximate surface area is 109 Å². The van der Waals surface area contributed by atoms with E-state index in [0.717, 1.165) is 30.8 Å². The van der Waals surface area contributed by atoms with E-state index in [4.69, 9.17) is 4.74 Å². The van der Waals surface area contributed by atoms with E-state index in [1.807, 2.05) is 11.8 Å². The SMILES string of the molecule is CCNCc1ccc(Br)cc1SC1COC1. The van der Waals surface area contributed by atoms with E-state index in [1.165, 1.54) is 10.5 Å². The van der Waals surface area contributed by atoms with Crippen molar-refractivity contribution < 1.29 is 4.74 Å². The van der Waals surface area contributed by atoms with Gasteiger partial charge in [-0.2, -0.15) is 0 Å². The highest BCUT2D eigenvalue weighted by Crippen LogP contribution is 2.32. The molecule has 0 aliphatic carbocycles. The number of nitrogens with one attached hydrogen (secondary N) is 1. The summed E-state index contributed by atoms with van der Waals surface area (Å²) in [7, 11) is 0. The second-order valence-electron chi connectivity index (χ2n) is 3.81. The molecule has 88 valence electrons. The Morgan fingerprint density at radius 2 is 2.31 bits per heavy atom. The molecule has 0 unspecified atom stereocenters. The summed E-state index contributed by atoms with van der Waals surface area (Å²) in [5, 5.41) is 4.01. The van der Waals surface area contributed by atoms with E-state index in [-0.39, 0.29) is 0 Å². The van der Waals surface area contributed by atoms with Crippen LogP contribution in [0.15, 0.2) is 27.6 Å². The van der Waals surface area contributed by atoms with Crippen LogP contribution in [0.5, 0.6) is 0 Å². The average Bonchev–Trinajstić information content (AvgIpc) is 2.22. The van der Waals surface area contributed by atoms with Crippen molar-refractivity contribution in [2.24, 2.45) is 0 Å². The van der Waals surface area contributed by atoms with Crippen molar-refractivity contribution in [3.63, 3.8) is 0 Å². The van der Waals surface area contributed by atoms with Crippen LogP contribution in [-0.2, 0) is 11.3 Å². The monoisotopic (exact) mass is 301 g/mol. The molecule has 0 bridgehead atoms. The number of thioether (sulfide) groups is 1.